The molecule has 0 bridgehead atoms. The summed E-state index contributed by atoms with van der Waals surface area (Å²) in [6.45, 7) is 5.92. The maximum atomic E-state index is 12.1. The smallest absolute Gasteiger partial charge is 0.412 e. The number of nitrogens with two attached hydrogens (primary N) is 1. The monoisotopic (exact) mass is 320 g/mol. The number of benzene rings is 1. The van der Waals surface area contributed by atoms with E-state index in [0.29, 0.717) is 12.2 Å². The molecule has 1 aliphatic carbocycles. The molecule has 0 radical (unpaired) electrons. The van der Waals surface area contributed by atoms with Crippen molar-refractivity contribution in [3.8, 4) is 5.75 Å². The molecule has 0 saturated heterocycles. The number of rotatable bonds is 3. The van der Waals surface area contributed by atoms with Crippen molar-refractivity contribution < 1.29 is 14.6 Å². The van der Waals surface area contributed by atoms with Crippen molar-refractivity contribution in [2.24, 2.45) is 5.73 Å². The maximum Gasteiger partial charge on any atom is 0.412 e. The van der Waals surface area contributed by atoms with Gasteiger partial charge in [-0.1, -0.05) is 31.4 Å². The standard InChI is InChI=1S/C18H28N2O3/c1-17(2,3)23-16(22)20-15-13(8-7-9-14(15)21)18(12-19)10-5-4-6-11-18/h7-9,21H,4-6,10-12,19H2,1-3H3,(H,20,22). The Morgan fingerprint density at radius 1 is 1.30 bits per heavy atom. The number of phenols is 1. The first-order chi connectivity index (χ1) is 10.8. The Morgan fingerprint density at radius 3 is 2.52 bits per heavy atom. The minimum absolute atomic E-state index is 0.0479. The molecule has 0 spiro atoms. The Kier molecular flexibility index (Phi) is 5.19. The summed E-state index contributed by atoms with van der Waals surface area (Å²) in [5, 5.41) is 13.0. The Morgan fingerprint density at radius 2 is 1.96 bits per heavy atom. The van der Waals surface area contributed by atoms with Crippen LogP contribution in [0, 0.1) is 0 Å². The summed E-state index contributed by atoms with van der Waals surface area (Å²) in [4.78, 5) is 12.1. The molecule has 2 rings (SSSR count). The van der Waals surface area contributed by atoms with Crippen LogP contribution < -0.4 is 11.1 Å². The highest BCUT2D eigenvalue weighted by atomic mass is 16.6. The van der Waals surface area contributed by atoms with Gasteiger partial charge in [-0.25, -0.2) is 4.79 Å². The number of aromatic hydroxyl groups is 1. The maximum absolute atomic E-state index is 12.1. The van der Waals surface area contributed by atoms with Gasteiger partial charge in [0.2, 0.25) is 0 Å². The molecule has 1 aliphatic rings. The largest absolute Gasteiger partial charge is 0.506 e. The first-order valence-electron chi connectivity index (χ1n) is 8.30. The number of anilines is 1. The summed E-state index contributed by atoms with van der Waals surface area (Å²) in [6.07, 6.45) is 4.79. The minimum atomic E-state index is -0.592. The van der Waals surface area contributed by atoms with Gasteiger partial charge in [0.05, 0.1) is 5.69 Å². The summed E-state index contributed by atoms with van der Waals surface area (Å²) < 4.78 is 5.31. The van der Waals surface area contributed by atoms with Crippen LogP contribution in [0.15, 0.2) is 18.2 Å². The van der Waals surface area contributed by atoms with Gasteiger partial charge in [-0.3, -0.25) is 5.32 Å². The number of phenolic OH excluding ortho intramolecular Hbond substituents is 1. The minimum Gasteiger partial charge on any atom is -0.506 e. The second-order valence-corrected chi connectivity index (χ2v) is 7.37. The molecule has 1 amide bonds. The van der Waals surface area contributed by atoms with Crippen LogP contribution in [-0.4, -0.2) is 23.3 Å². The third-order valence-corrected chi connectivity index (χ3v) is 4.44. The lowest BCUT2D eigenvalue weighted by Crippen LogP contribution is -2.38. The van der Waals surface area contributed by atoms with Crippen LogP contribution in [-0.2, 0) is 10.2 Å². The number of ether oxygens (including phenoxy) is 1. The van der Waals surface area contributed by atoms with E-state index in [4.69, 9.17) is 10.5 Å². The number of carbonyl (C=O) groups is 1. The van der Waals surface area contributed by atoms with E-state index in [1.54, 1.807) is 32.9 Å². The van der Waals surface area contributed by atoms with E-state index in [1.807, 2.05) is 6.07 Å². The number of para-hydroxylation sites is 1. The number of amides is 1. The van der Waals surface area contributed by atoms with Crippen LogP contribution in [0.2, 0.25) is 0 Å². The van der Waals surface area contributed by atoms with E-state index in [1.165, 1.54) is 6.42 Å². The van der Waals surface area contributed by atoms with Crippen molar-refractivity contribution in [2.75, 3.05) is 11.9 Å². The van der Waals surface area contributed by atoms with Gasteiger partial charge in [0.15, 0.2) is 0 Å². The fourth-order valence-electron chi connectivity index (χ4n) is 3.33. The topological polar surface area (TPSA) is 84.6 Å². The quantitative estimate of drug-likeness (QED) is 0.737. The van der Waals surface area contributed by atoms with E-state index < -0.39 is 11.7 Å². The Hall–Kier alpha value is -1.75. The molecule has 1 aromatic rings. The van der Waals surface area contributed by atoms with E-state index in [2.05, 4.69) is 5.32 Å². The van der Waals surface area contributed by atoms with Crippen LogP contribution in [0.1, 0.15) is 58.4 Å². The Balaban J connectivity index is 2.34. The van der Waals surface area contributed by atoms with Gasteiger partial charge in [0.1, 0.15) is 11.4 Å². The van der Waals surface area contributed by atoms with Crippen LogP contribution in [0.25, 0.3) is 0 Å². The van der Waals surface area contributed by atoms with Crippen molar-refractivity contribution in [1.82, 2.24) is 0 Å². The zero-order valence-electron chi connectivity index (χ0n) is 14.3. The lowest BCUT2D eigenvalue weighted by Gasteiger charge is -2.38. The van der Waals surface area contributed by atoms with Crippen molar-refractivity contribution in [3.05, 3.63) is 23.8 Å². The lowest BCUT2D eigenvalue weighted by atomic mass is 9.69. The molecule has 1 fully saturated rings. The molecule has 0 aliphatic heterocycles. The molecule has 0 atom stereocenters. The molecule has 0 aromatic heterocycles. The van der Waals surface area contributed by atoms with Crippen molar-refractivity contribution in [1.29, 1.82) is 0 Å². The number of carbonyl (C=O) groups excluding carboxylic acids is 1. The molecule has 1 aromatic carbocycles. The normalized spacial score (nSPS) is 17.6. The summed E-state index contributed by atoms with van der Waals surface area (Å²) in [5.74, 6) is 0.0479. The molecule has 23 heavy (non-hydrogen) atoms. The molecule has 128 valence electrons. The fraction of sp³-hybridized carbons (Fsp3) is 0.611. The highest BCUT2D eigenvalue weighted by Gasteiger charge is 2.35. The molecule has 1 saturated carbocycles. The van der Waals surface area contributed by atoms with Gasteiger partial charge >= 0.3 is 6.09 Å². The first kappa shape index (κ1) is 17.6. The second-order valence-electron chi connectivity index (χ2n) is 7.37. The van der Waals surface area contributed by atoms with E-state index in [9.17, 15) is 9.90 Å². The summed E-state index contributed by atoms with van der Waals surface area (Å²) in [5.41, 5.74) is 6.64. The number of hydrogen-bond acceptors (Lipinski definition) is 4. The van der Waals surface area contributed by atoms with Gasteiger partial charge in [0, 0.05) is 12.0 Å². The molecule has 0 unspecified atom stereocenters. The third kappa shape index (κ3) is 4.16. The molecule has 4 N–H and O–H groups in total. The zero-order chi connectivity index (χ0) is 17.1. The highest BCUT2D eigenvalue weighted by Crippen LogP contribution is 2.44. The van der Waals surface area contributed by atoms with Crippen LogP contribution in [0.3, 0.4) is 0 Å². The van der Waals surface area contributed by atoms with Crippen LogP contribution in [0.5, 0.6) is 5.75 Å². The summed E-state index contributed by atoms with van der Waals surface area (Å²) in [6, 6.07) is 5.32. The molecule has 5 nitrogen and oxygen atoms in total. The predicted molar refractivity (Wildman–Crippen MR) is 91.8 cm³/mol. The van der Waals surface area contributed by atoms with Crippen molar-refractivity contribution >= 4 is 11.8 Å². The Labute approximate surface area is 138 Å². The van der Waals surface area contributed by atoms with Gasteiger partial charge in [-0.15, -0.1) is 0 Å². The second kappa shape index (κ2) is 6.79. The lowest BCUT2D eigenvalue weighted by molar-refractivity contribution is 0.0635. The number of hydrogen-bond donors (Lipinski definition) is 3. The van der Waals surface area contributed by atoms with E-state index >= 15 is 0 Å². The molecule has 0 heterocycles. The summed E-state index contributed by atoms with van der Waals surface area (Å²) in [7, 11) is 0. The Bertz CT molecular complexity index is 558. The summed E-state index contributed by atoms with van der Waals surface area (Å²) >= 11 is 0. The SMILES string of the molecule is CC(C)(C)OC(=O)Nc1c(O)cccc1C1(CN)CCCCC1. The van der Waals surface area contributed by atoms with E-state index in [-0.39, 0.29) is 11.2 Å². The predicted octanol–water partition coefficient (Wildman–Crippen LogP) is 3.90. The van der Waals surface area contributed by atoms with Crippen molar-refractivity contribution in [2.45, 2.75) is 63.9 Å². The zero-order valence-corrected chi connectivity index (χ0v) is 14.3. The highest BCUT2D eigenvalue weighted by molar-refractivity contribution is 5.88. The van der Waals surface area contributed by atoms with Gasteiger partial charge in [-0.05, 0) is 45.2 Å². The molecular weight excluding hydrogens is 292 g/mol. The number of nitrogens with one attached hydrogen (secondary N) is 1. The fourth-order valence-corrected chi connectivity index (χ4v) is 3.33. The third-order valence-electron chi connectivity index (χ3n) is 4.44. The average Bonchev–Trinajstić information content (AvgIpc) is 2.48. The van der Waals surface area contributed by atoms with Gasteiger partial charge in [-0.2, -0.15) is 0 Å². The first-order valence-corrected chi connectivity index (χ1v) is 8.30. The van der Waals surface area contributed by atoms with E-state index in [0.717, 1.165) is 31.2 Å². The van der Waals surface area contributed by atoms with Crippen LogP contribution >= 0.6 is 0 Å². The van der Waals surface area contributed by atoms with Crippen molar-refractivity contribution in [3.63, 3.8) is 0 Å². The molecular formula is C18H28N2O3. The average molecular weight is 320 g/mol. The molecule has 5 heteroatoms. The van der Waals surface area contributed by atoms with Crippen LogP contribution in [0.4, 0.5) is 10.5 Å². The van der Waals surface area contributed by atoms with Gasteiger partial charge in [0.25, 0.3) is 0 Å². The van der Waals surface area contributed by atoms with Gasteiger partial charge < -0.3 is 15.6 Å².